The SMILES string of the molecule is O=C(O[C@@H](C(=O)Nc1ccc(F)cc1)c1ccccc1)c1c(F)cccc1F. The number of ether oxygens (including phenoxy) is 1. The van der Waals surface area contributed by atoms with E-state index in [1.54, 1.807) is 18.2 Å². The van der Waals surface area contributed by atoms with Crippen molar-refractivity contribution < 1.29 is 27.5 Å². The summed E-state index contributed by atoms with van der Waals surface area (Å²) in [6.07, 6.45) is -1.47. The summed E-state index contributed by atoms with van der Waals surface area (Å²) in [6, 6.07) is 15.9. The second kappa shape index (κ2) is 8.39. The zero-order chi connectivity index (χ0) is 20.1. The third-order valence-electron chi connectivity index (χ3n) is 3.84. The van der Waals surface area contributed by atoms with Crippen LogP contribution in [0.15, 0.2) is 72.8 Å². The smallest absolute Gasteiger partial charge is 0.345 e. The number of halogens is 3. The first-order valence-electron chi connectivity index (χ1n) is 8.22. The average Bonchev–Trinajstić information content (AvgIpc) is 2.68. The lowest BCUT2D eigenvalue weighted by molar-refractivity contribution is -0.125. The Morgan fingerprint density at radius 2 is 1.39 bits per heavy atom. The van der Waals surface area contributed by atoms with Crippen molar-refractivity contribution in [3.05, 3.63) is 101 Å². The van der Waals surface area contributed by atoms with Crippen LogP contribution in [0.1, 0.15) is 22.0 Å². The minimum Gasteiger partial charge on any atom is -0.444 e. The van der Waals surface area contributed by atoms with Gasteiger partial charge in [-0.3, -0.25) is 4.79 Å². The minimum atomic E-state index is -1.47. The third-order valence-corrected chi connectivity index (χ3v) is 3.84. The van der Waals surface area contributed by atoms with Gasteiger partial charge in [-0.1, -0.05) is 36.4 Å². The molecule has 0 radical (unpaired) electrons. The van der Waals surface area contributed by atoms with Crippen LogP contribution in [0.4, 0.5) is 18.9 Å². The van der Waals surface area contributed by atoms with Crippen molar-refractivity contribution in [2.75, 3.05) is 5.32 Å². The summed E-state index contributed by atoms with van der Waals surface area (Å²) in [6.45, 7) is 0. The second-order valence-corrected chi connectivity index (χ2v) is 5.79. The Morgan fingerprint density at radius 1 is 0.786 bits per heavy atom. The molecule has 1 amide bonds. The molecule has 0 aliphatic carbocycles. The van der Waals surface area contributed by atoms with Crippen LogP contribution in [0.5, 0.6) is 0 Å². The first-order valence-corrected chi connectivity index (χ1v) is 8.22. The molecule has 28 heavy (non-hydrogen) atoms. The Bertz CT molecular complexity index is 971. The zero-order valence-electron chi connectivity index (χ0n) is 14.4. The summed E-state index contributed by atoms with van der Waals surface area (Å²) >= 11 is 0. The summed E-state index contributed by atoms with van der Waals surface area (Å²) in [7, 11) is 0. The molecule has 7 heteroatoms. The van der Waals surface area contributed by atoms with E-state index in [1.807, 2.05) is 0 Å². The second-order valence-electron chi connectivity index (χ2n) is 5.79. The van der Waals surface area contributed by atoms with Crippen molar-refractivity contribution in [3.8, 4) is 0 Å². The molecule has 0 saturated carbocycles. The molecule has 0 saturated heterocycles. The monoisotopic (exact) mass is 385 g/mol. The largest absolute Gasteiger partial charge is 0.444 e. The van der Waals surface area contributed by atoms with Crippen LogP contribution < -0.4 is 5.32 Å². The van der Waals surface area contributed by atoms with Crippen molar-refractivity contribution in [1.82, 2.24) is 0 Å². The van der Waals surface area contributed by atoms with Crippen molar-refractivity contribution in [3.63, 3.8) is 0 Å². The normalized spacial score (nSPS) is 11.5. The first-order chi connectivity index (χ1) is 13.5. The number of hydrogen-bond acceptors (Lipinski definition) is 3. The Labute approximate surface area is 158 Å². The summed E-state index contributed by atoms with van der Waals surface area (Å²) in [5, 5.41) is 2.48. The molecule has 0 heterocycles. The number of hydrogen-bond donors (Lipinski definition) is 1. The van der Waals surface area contributed by atoms with Gasteiger partial charge in [0, 0.05) is 11.3 Å². The lowest BCUT2D eigenvalue weighted by Gasteiger charge is -2.18. The molecular weight excluding hydrogens is 371 g/mol. The molecule has 3 aromatic rings. The molecule has 0 unspecified atom stereocenters. The van der Waals surface area contributed by atoms with E-state index in [1.165, 1.54) is 24.3 Å². The lowest BCUT2D eigenvalue weighted by atomic mass is 10.1. The topological polar surface area (TPSA) is 55.4 Å². The maximum atomic E-state index is 13.9. The highest BCUT2D eigenvalue weighted by molar-refractivity contribution is 5.98. The third kappa shape index (κ3) is 4.37. The van der Waals surface area contributed by atoms with Gasteiger partial charge in [-0.05, 0) is 36.4 Å². The fourth-order valence-corrected chi connectivity index (χ4v) is 2.50. The van der Waals surface area contributed by atoms with Gasteiger partial charge in [-0.15, -0.1) is 0 Å². The Hall–Kier alpha value is -3.61. The quantitative estimate of drug-likeness (QED) is 0.651. The molecule has 3 aromatic carbocycles. The Balaban J connectivity index is 1.88. The van der Waals surface area contributed by atoms with Crippen LogP contribution in [0, 0.1) is 17.5 Å². The Morgan fingerprint density at radius 3 is 2.00 bits per heavy atom. The predicted octanol–water partition coefficient (Wildman–Crippen LogP) is 4.64. The molecule has 0 aliphatic rings. The summed E-state index contributed by atoms with van der Waals surface area (Å²) < 4.78 is 45.9. The van der Waals surface area contributed by atoms with Crippen molar-refractivity contribution in [2.24, 2.45) is 0 Å². The average molecular weight is 385 g/mol. The number of amides is 1. The van der Waals surface area contributed by atoms with Gasteiger partial charge in [0.15, 0.2) is 0 Å². The highest BCUT2D eigenvalue weighted by Gasteiger charge is 2.28. The number of esters is 1. The van der Waals surface area contributed by atoms with Crippen LogP contribution in [-0.2, 0) is 9.53 Å². The maximum Gasteiger partial charge on any atom is 0.345 e. The van der Waals surface area contributed by atoms with Crippen LogP contribution in [0.2, 0.25) is 0 Å². The first kappa shape index (κ1) is 19.2. The van der Waals surface area contributed by atoms with E-state index < -0.39 is 41.0 Å². The van der Waals surface area contributed by atoms with Gasteiger partial charge in [-0.2, -0.15) is 0 Å². The number of nitrogens with one attached hydrogen (secondary N) is 1. The summed E-state index contributed by atoms with van der Waals surface area (Å²) in [5.41, 5.74) is -0.328. The standard InChI is InChI=1S/C21H14F3NO3/c22-14-9-11-15(12-10-14)25-20(26)19(13-5-2-1-3-6-13)28-21(27)18-16(23)7-4-8-17(18)24/h1-12,19H,(H,25,26)/t19-/m1/s1. The van der Waals surface area contributed by atoms with Gasteiger partial charge in [-0.25, -0.2) is 18.0 Å². The van der Waals surface area contributed by atoms with E-state index in [0.717, 1.165) is 30.3 Å². The zero-order valence-corrected chi connectivity index (χ0v) is 14.4. The predicted molar refractivity (Wildman–Crippen MR) is 96.0 cm³/mol. The molecule has 1 N–H and O–H groups in total. The number of carbonyl (C=O) groups excluding carboxylic acids is 2. The highest BCUT2D eigenvalue weighted by atomic mass is 19.1. The molecule has 142 valence electrons. The fraction of sp³-hybridized carbons (Fsp3) is 0.0476. The van der Waals surface area contributed by atoms with Crippen molar-refractivity contribution >= 4 is 17.6 Å². The van der Waals surface area contributed by atoms with Crippen LogP contribution in [-0.4, -0.2) is 11.9 Å². The van der Waals surface area contributed by atoms with Crippen LogP contribution in [0.3, 0.4) is 0 Å². The fourth-order valence-electron chi connectivity index (χ4n) is 2.50. The van der Waals surface area contributed by atoms with E-state index in [9.17, 15) is 22.8 Å². The molecule has 0 bridgehead atoms. The number of benzene rings is 3. The molecule has 4 nitrogen and oxygen atoms in total. The summed E-state index contributed by atoms with van der Waals surface area (Å²) in [4.78, 5) is 25.0. The van der Waals surface area contributed by atoms with E-state index >= 15 is 0 Å². The van der Waals surface area contributed by atoms with E-state index in [0.29, 0.717) is 5.56 Å². The van der Waals surface area contributed by atoms with Gasteiger partial charge in [0.1, 0.15) is 23.0 Å². The van der Waals surface area contributed by atoms with E-state index in [-0.39, 0.29) is 5.69 Å². The molecule has 1 atom stereocenters. The molecule has 0 fully saturated rings. The number of anilines is 1. The van der Waals surface area contributed by atoms with Crippen molar-refractivity contribution in [1.29, 1.82) is 0 Å². The van der Waals surface area contributed by atoms with Crippen LogP contribution >= 0.6 is 0 Å². The minimum absolute atomic E-state index is 0.264. The van der Waals surface area contributed by atoms with Gasteiger partial charge >= 0.3 is 5.97 Å². The Kier molecular flexibility index (Phi) is 5.74. The van der Waals surface area contributed by atoms with Gasteiger partial charge in [0.2, 0.25) is 6.10 Å². The molecule has 0 aromatic heterocycles. The van der Waals surface area contributed by atoms with Gasteiger partial charge < -0.3 is 10.1 Å². The maximum absolute atomic E-state index is 13.9. The molecular formula is C21H14F3NO3. The van der Waals surface area contributed by atoms with Gasteiger partial charge in [0.05, 0.1) is 0 Å². The van der Waals surface area contributed by atoms with E-state index in [4.69, 9.17) is 4.74 Å². The lowest BCUT2D eigenvalue weighted by Crippen LogP contribution is -2.26. The van der Waals surface area contributed by atoms with E-state index in [2.05, 4.69) is 5.32 Å². The molecule has 0 spiro atoms. The van der Waals surface area contributed by atoms with Gasteiger partial charge in [0.25, 0.3) is 5.91 Å². The highest BCUT2D eigenvalue weighted by Crippen LogP contribution is 2.23. The number of rotatable bonds is 5. The molecule has 3 rings (SSSR count). The molecule has 0 aliphatic heterocycles. The van der Waals surface area contributed by atoms with Crippen molar-refractivity contribution in [2.45, 2.75) is 6.10 Å². The van der Waals surface area contributed by atoms with Crippen LogP contribution in [0.25, 0.3) is 0 Å². The summed E-state index contributed by atoms with van der Waals surface area (Å²) in [5.74, 6) is -4.77. The number of carbonyl (C=O) groups is 2.